The molecular weight excluding hydrogens is 801 g/mol. The van der Waals surface area contributed by atoms with Crippen molar-refractivity contribution in [1.82, 2.24) is 0 Å². The summed E-state index contributed by atoms with van der Waals surface area (Å²) in [6, 6.07) is 93.6. The van der Waals surface area contributed by atoms with Crippen LogP contribution < -0.4 is 20.0 Å². The molecule has 1 aliphatic rings. The van der Waals surface area contributed by atoms with Gasteiger partial charge in [0.2, 0.25) is 0 Å². The minimum Gasteiger partial charge on any atom is -0.354 e. The molecule has 11 aromatic rings. The third-order valence-electron chi connectivity index (χ3n) is 12.7. The van der Waals surface area contributed by atoms with Crippen LogP contribution in [0, 0.1) is 0 Å². The Balaban J connectivity index is 1.06. The lowest BCUT2D eigenvalue weighted by molar-refractivity contribution is 1.17. The van der Waals surface area contributed by atoms with E-state index in [9.17, 15) is 0 Å². The van der Waals surface area contributed by atoms with Gasteiger partial charge in [-0.05, 0) is 141 Å². The third-order valence-corrected chi connectivity index (χ3v) is 12.7. The molecule has 0 radical (unpaired) electrons. The number of benzene rings is 11. The zero-order valence-corrected chi connectivity index (χ0v) is 36.2. The predicted octanol–water partition coefficient (Wildman–Crippen LogP) is 17.8. The molecule has 1 N–H and O–H groups in total. The molecule has 1 aliphatic heterocycles. The van der Waals surface area contributed by atoms with Crippen LogP contribution in [-0.2, 0) is 0 Å². The van der Waals surface area contributed by atoms with Crippen molar-refractivity contribution in [3.8, 4) is 22.3 Å². The molecule has 0 aromatic heterocycles. The van der Waals surface area contributed by atoms with Gasteiger partial charge in [0, 0.05) is 28.4 Å². The van der Waals surface area contributed by atoms with Gasteiger partial charge >= 0.3 is 0 Å². The lowest BCUT2D eigenvalue weighted by atomic mass is 9.85. The van der Waals surface area contributed by atoms with Gasteiger partial charge in [-0.3, -0.25) is 0 Å². The molecule has 12 rings (SSSR count). The van der Waals surface area contributed by atoms with Gasteiger partial charge in [0.25, 0.3) is 0 Å². The van der Waals surface area contributed by atoms with Gasteiger partial charge < -0.3 is 20.0 Å². The average Bonchev–Trinajstić information content (AvgIpc) is 3.39. The van der Waals surface area contributed by atoms with Gasteiger partial charge in [0.05, 0.1) is 34.1 Å². The smallest absolute Gasteiger partial charge is 0.0703 e. The number of nitrogens with zero attached hydrogens (tertiary/aromatic N) is 3. The molecule has 0 amide bonds. The second-order valence-corrected chi connectivity index (χ2v) is 16.6. The highest BCUT2D eigenvalue weighted by atomic mass is 15.3. The van der Waals surface area contributed by atoms with Gasteiger partial charge in [-0.15, -0.1) is 0 Å². The normalized spacial score (nSPS) is 11.9. The number of nitrogens with one attached hydrogen (secondary N) is 1. The van der Waals surface area contributed by atoms with E-state index in [1.807, 2.05) is 0 Å². The first kappa shape index (κ1) is 38.8. The van der Waals surface area contributed by atoms with Crippen molar-refractivity contribution >= 4 is 84.1 Å². The van der Waals surface area contributed by atoms with Gasteiger partial charge in [-0.25, -0.2) is 0 Å². The van der Waals surface area contributed by atoms with Crippen molar-refractivity contribution in [3.63, 3.8) is 0 Å². The van der Waals surface area contributed by atoms with Crippen LogP contribution in [0.25, 0.3) is 43.8 Å². The number of para-hydroxylation sites is 9. The monoisotopic (exact) mass is 844 g/mol. The van der Waals surface area contributed by atoms with Crippen molar-refractivity contribution in [2.45, 2.75) is 0 Å². The Morgan fingerprint density at radius 3 is 1.24 bits per heavy atom. The maximum absolute atomic E-state index is 3.90. The molecule has 11 aromatic carbocycles. The van der Waals surface area contributed by atoms with E-state index in [1.54, 1.807) is 0 Å². The molecule has 4 nitrogen and oxygen atoms in total. The van der Waals surface area contributed by atoms with Crippen LogP contribution in [0.4, 0.5) is 62.6 Å². The number of rotatable bonds is 9. The summed E-state index contributed by atoms with van der Waals surface area (Å²) in [7, 11) is 0. The van der Waals surface area contributed by atoms with Crippen LogP contribution in [0.2, 0.25) is 0 Å². The molecule has 0 saturated heterocycles. The summed E-state index contributed by atoms with van der Waals surface area (Å²) in [6.45, 7) is 0. The molecule has 66 heavy (non-hydrogen) atoms. The standard InChI is InChI=1S/C62H44N4/c1-6-22-44(23-7-1)61-52-41-39-50(66-59-36-20-18-34-57(59)65(49-30-14-5-15-31-49)58-35-19-21-37-60(58)66)43-54(52)62(45-24-8-2-9-25-45)51-40-38-46(42-53(51)61)63-55-32-16-17-33-56(55)64(47-26-10-3-11-27-47)48-28-12-4-13-29-48/h1-43,63H. The third kappa shape index (κ3) is 6.80. The maximum atomic E-state index is 3.90. The Hall–Kier alpha value is -8.86. The van der Waals surface area contributed by atoms with Crippen LogP contribution in [0.15, 0.2) is 261 Å². The Morgan fingerprint density at radius 1 is 0.303 bits per heavy atom. The number of fused-ring (bicyclic) bond motifs is 4. The van der Waals surface area contributed by atoms with Gasteiger partial charge in [0.15, 0.2) is 0 Å². The lowest BCUT2D eigenvalue weighted by Crippen LogP contribution is -2.23. The van der Waals surface area contributed by atoms with E-state index >= 15 is 0 Å². The first-order chi connectivity index (χ1) is 32.8. The molecule has 0 unspecified atom stereocenters. The van der Waals surface area contributed by atoms with E-state index in [2.05, 4.69) is 281 Å². The fourth-order valence-corrected chi connectivity index (χ4v) is 9.85. The van der Waals surface area contributed by atoms with Crippen LogP contribution in [0.1, 0.15) is 0 Å². The highest BCUT2D eigenvalue weighted by Gasteiger charge is 2.31. The summed E-state index contributed by atoms with van der Waals surface area (Å²) in [4.78, 5) is 7.13. The van der Waals surface area contributed by atoms with Crippen molar-refractivity contribution in [2.75, 3.05) is 20.0 Å². The Morgan fingerprint density at radius 2 is 0.712 bits per heavy atom. The van der Waals surface area contributed by atoms with Crippen LogP contribution in [0.3, 0.4) is 0 Å². The fraction of sp³-hybridized carbons (Fsp3) is 0. The summed E-state index contributed by atoms with van der Waals surface area (Å²) in [5.74, 6) is 0. The average molecular weight is 845 g/mol. The fourth-order valence-electron chi connectivity index (χ4n) is 9.85. The number of anilines is 11. The van der Waals surface area contributed by atoms with E-state index in [1.165, 1.54) is 43.8 Å². The first-order valence-corrected chi connectivity index (χ1v) is 22.5. The Labute approximate surface area is 385 Å². The summed E-state index contributed by atoms with van der Waals surface area (Å²) >= 11 is 0. The Bertz CT molecular complexity index is 3420. The summed E-state index contributed by atoms with van der Waals surface area (Å²) in [5.41, 5.74) is 16.7. The second-order valence-electron chi connectivity index (χ2n) is 16.6. The topological polar surface area (TPSA) is 21.8 Å². The number of hydrogen-bond donors (Lipinski definition) is 1. The number of hydrogen-bond acceptors (Lipinski definition) is 4. The lowest BCUT2D eigenvalue weighted by Gasteiger charge is -2.40. The predicted molar refractivity (Wildman–Crippen MR) is 280 cm³/mol. The largest absolute Gasteiger partial charge is 0.354 e. The molecule has 0 saturated carbocycles. The van der Waals surface area contributed by atoms with E-state index in [-0.39, 0.29) is 0 Å². The van der Waals surface area contributed by atoms with E-state index in [4.69, 9.17) is 0 Å². The van der Waals surface area contributed by atoms with Gasteiger partial charge in [0.1, 0.15) is 0 Å². The highest BCUT2D eigenvalue weighted by molar-refractivity contribution is 6.23. The van der Waals surface area contributed by atoms with Crippen LogP contribution in [0.5, 0.6) is 0 Å². The molecule has 0 bridgehead atoms. The van der Waals surface area contributed by atoms with Crippen LogP contribution >= 0.6 is 0 Å². The van der Waals surface area contributed by atoms with Crippen LogP contribution in [-0.4, -0.2) is 0 Å². The minimum absolute atomic E-state index is 1.01. The molecule has 4 heteroatoms. The molecule has 1 heterocycles. The van der Waals surface area contributed by atoms with E-state index in [0.29, 0.717) is 0 Å². The van der Waals surface area contributed by atoms with Crippen molar-refractivity contribution < 1.29 is 0 Å². The summed E-state index contributed by atoms with van der Waals surface area (Å²) < 4.78 is 0. The SMILES string of the molecule is c1ccc(-c2c3ccc(N4c5ccccc5N(c5ccccc5)c5ccccc54)cc3c(-c3ccccc3)c3ccc(Nc4ccccc4N(c4ccccc4)c4ccccc4)cc23)cc1. The zero-order valence-electron chi connectivity index (χ0n) is 36.2. The molecular formula is C62H44N4. The van der Waals surface area contributed by atoms with Crippen molar-refractivity contribution in [2.24, 2.45) is 0 Å². The second kappa shape index (κ2) is 16.7. The maximum Gasteiger partial charge on any atom is 0.0703 e. The molecule has 0 spiro atoms. The first-order valence-electron chi connectivity index (χ1n) is 22.5. The van der Waals surface area contributed by atoms with E-state index in [0.717, 1.165) is 62.6 Å². The highest BCUT2D eigenvalue weighted by Crippen LogP contribution is 2.55. The summed E-state index contributed by atoms with van der Waals surface area (Å²) in [5, 5.41) is 8.66. The Kier molecular flexibility index (Phi) is 9.81. The quantitative estimate of drug-likeness (QED) is 0.146. The molecule has 0 fully saturated rings. The van der Waals surface area contributed by atoms with Gasteiger partial charge in [-0.1, -0.05) is 164 Å². The molecule has 0 atom stereocenters. The molecule has 0 aliphatic carbocycles. The molecule has 312 valence electrons. The zero-order chi connectivity index (χ0) is 43.8. The van der Waals surface area contributed by atoms with Crippen molar-refractivity contribution in [1.29, 1.82) is 0 Å². The minimum atomic E-state index is 1.01. The van der Waals surface area contributed by atoms with Gasteiger partial charge in [-0.2, -0.15) is 0 Å². The summed E-state index contributed by atoms with van der Waals surface area (Å²) in [6.07, 6.45) is 0. The van der Waals surface area contributed by atoms with Crippen molar-refractivity contribution in [3.05, 3.63) is 261 Å². The van der Waals surface area contributed by atoms with E-state index < -0.39 is 0 Å².